The number of carbonyl (C=O) groups is 1. The molecule has 1 aliphatic heterocycles. The van der Waals surface area contributed by atoms with Crippen LogP contribution in [-0.4, -0.2) is 18.8 Å². The largest absolute Gasteiger partial charge is 0.480 e. The van der Waals surface area contributed by atoms with E-state index in [0.717, 1.165) is 0 Å². The molecule has 1 aliphatic rings. The molecule has 1 unspecified atom stereocenters. The van der Waals surface area contributed by atoms with E-state index in [1.54, 1.807) is 18.2 Å². The maximum Gasteiger partial charge on any atom is 0.274 e. The third-order valence-electron chi connectivity index (χ3n) is 2.43. The van der Waals surface area contributed by atoms with Crippen LogP contribution >= 0.6 is 0 Å². The molecule has 2 rings (SSSR count). The van der Waals surface area contributed by atoms with E-state index in [4.69, 9.17) is 20.1 Å². The van der Waals surface area contributed by atoms with Gasteiger partial charge >= 0.3 is 0 Å². The minimum Gasteiger partial charge on any atom is -0.480 e. The minimum atomic E-state index is -0.611. The zero-order valence-electron chi connectivity index (χ0n) is 9.43. The first kappa shape index (κ1) is 11.5. The van der Waals surface area contributed by atoms with Gasteiger partial charge in [-0.15, -0.1) is 0 Å². The van der Waals surface area contributed by atoms with Gasteiger partial charge in [0.25, 0.3) is 5.91 Å². The fraction of sp³-hybridized carbons (Fsp3) is 0.364. The number of amides is 1. The molecule has 1 aromatic rings. The van der Waals surface area contributed by atoms with Crippen LogP contribution in [-0.2, 0) is 4.79 Å². The lowest BCUT2D eigenvalue weighted by Gasteiger charge is -2.15. The highest BCUT2D eigenvalue weighted by atomic mass is 16.7. The molecule has 1 heterocycles. The van der Waals surface area contributed by atoms with E-state index in [1.807, 2.05) is 6.92 Å². The molecular formula is C11H14N2O4. The van der Waals surface area contributed by atoms with Gasteiger partial charge in [-0.05, 0) is 18.6 Å². The molecule has 1 aromatic carbocycles. The second-order valence-electron chi connectivity index (χ2n) is 3.54. The van der Waals surface area contributed by atoms with Crippen molar-refractivity contribution in [3.63, 3.8) is 0 Å². The van der Waals surface area contributed by atoms with Crippen LogP contribution in [0.3, 0.4) is 0 Å². The predicted octanol–water partition coefficient (Wildman–Crippen LogP) is 0.563. The van der Waals surface area contributed by atoms with Gasteiger partial charge in [-0.3, -0.25) is 10.2 Å². The summed E-state index contributed by atoms with van der Waals surface area (Å²) >= 11 is 0. The number of hydrazine groups is 1. The monoisotopic (exact) mass is 238 g/mol. The van der Waals surface area contributed by atoms with Gasteiger partial charge in [-0.1, -0.05) is 6.92 Å². The van der Waals surface area contributed by atoms with E-state index in [9.17, 15) is 4.79 Å². The molecular weight excluding hydrogens is 224 g/mol. The van der Waals surface area contributed by atoms with Crippen LogP contribution < -0.4 is 25.5 Å². The molecule has 0 spiro atoms. The highest BCUT2D eigenvalue weighted by Gasteiger charge is 2.19. The zero-order valence-corrected chi connectivity index (χ0v) is 9.43. The number of hydrogen-bond acceptors (Lipinski definition) is 5. The Kier molecular flexibility index (Phi) is 3.34. The van der Waals surface area contributed by atoms with E-state index < -0.39 is 6.10 Å². The molecule has 92 valence electrons. The quantitative estimate of drug-likeness (QED) is 0.455. The van der Waals surface area contributed by atoms with Crippen molar-refractivity contribution < 1.29 is 19.0 Å². The third kappa shape index (κ3) is 2.42. The average molecular weight is 238 g/mol. The number of nitrogens with two attached hydrogens (primary N) is 1. The number of ether oxygens (including phenoxy) is 3. The molecule has 1 atom stereocenters. The van der Waals surface area contributed by atoms with E-state index in [0.29, 0.717) is 23.7 Å². The van der Waals surface area contributed by atoms with Crippen LogP contribution in [0.1, 0.15) is 13.3 Å². The number of fused-ring (bicyclic) bond motifs is 1. The Hall–Kier alpha value is -1.95. The first-order chi connectivity index (χ1) is 8.24. The zero-order chi connectivity index (χ0) is 12.3. The van der Waals surface area contributed by atoms with E-state index in [1.165, 1.54) is 0 Å². The Bertz CT molecular complexity index is 422. The standard InChI is InChI=1S/C11H14N2O4/c1-2-8(11(14)13-12)17-7-3-4-9-10(5-7)16-6-15-9/h3-5,8H,2,6,12H2,1H3,(H,13,14). The fourth-order valence-corrected chi connectivity index (χ4v) is 1.53. The second-order valence-corrected chi connectivity index (χ2v) is 3.54. The lowest BCUT2D eigenvalue weighted by Crippen LogP contribution is -2.41. The molecule has 0 saturated carbocycles. The minimum absolute atomic E-state index is 0.208. The Morgan fingerprint density at radius 3 is 3.00 bits per heavy atom. The summed E-state index contributed by atoms with van der Waals surface area (Å²) in [5.74, 6) is 6.55. The predicted molar refractivity (Wildman–Crippen MR) is 59.6 cm³/mol. The normalized spacial score (nSPS) is 14.2. The van der Waals surface area contributed by atoms with Crippen molar-refractivity contribution in [2.75, 3.05) is 6.79 Å². The van der Waals surface area contributed by atoms with Gasteiger partial charge in [-0.25, -0.2) is 5.84 Å². The van der Waals surface area contributed by atoms with Crippen molar-refractivity contribution in [2.24, 2.45) is 5.84 Å². The summed E-state index contributed by atoms with van der Waals surface area (Å²) in [5.41, 5.74) is 2.07. The molecule has 17 heavy (non-hydrogen) atoms. The van der Waals surface area contributed by atoms with Gasteiger partial charge in [-0.2, -0.15) is 0 Å². The van der Waals surface area contributed by atoms with Gasteiger partial charge in [0.05, 0.1) is 0 Å². The molecule has 0 bridgehead atoms. The average Bonchev–Trinajstić information content (AvgIpc) is 2.82. The lowest BCUT2D eigenvalue weighted by molar-refractivity contribution is -0.128. The lowest BCUT2D eigenvalue weighted by atomic mass is 10.2. The van der Waals surface area contributed by atoms with Crippen molar-refractivity contribution >= 4 is 5.91 Å². The Balaban J connectivity index is 2.10. The number of rotatable bonds is 4. The van der Waals surface area contributed by atoms with Gasteiger partial charge in [0, 0.05) is 6.07 Å². The van der Waals surface area contributed by atoms with Crippen LogP contribution in [0.25, 0.3) is 0 Å². The van der Waals surface area contributed by atoms with Crippen molar-refractivity contribution in [2.45, 2.75) is 19.4 Å². The maximum atomic E-state index is 11.4. The highest BCUT2D eigenvalue weighted by Crippen LogP contribution is 2.35. The van der Waals surface area contributed by atoms with Gasteiger partial charge < -0.3 is 14.2 Å². The third-order valence-corrected chi connectivity index (χ3v) is 2.43. The summed E-state index contributed by atoms with van der Waals surface area (Å²) in [6.07, 6.45) is -0.0855. The summed E-state index contributed by atoms with van der Waals surface area (Å²) in [6.45, 7) is 2.05. The molecule has 0 fully saturated rings. The number of benzene rings is 1. The first-order valence-electron chi connectivity index (χ1n) is 5.31. The molecule has 3 N–H and O–H groups in total. The SMILES string of the molecule is CCC(Oc1ccc2c(c1)OCO2)C(=O)NN. The van der Waals surface area contributed by atoms with Crippen LogP contribution in [0.5, 0.6) is 17.2 Å². The Labute approximate surface area is 98.6 Å². The van der Waals surface area contributed by atoms with E-state index in [2.05, 4.69) is 5.43 Å². The molecule has 6 nitrogen and oxygen atoms in total. The number of hydrogen-bond donors (Lipinski definition) is 2. The summed E-state index contributed by atoms with van der Waals surface area (Å²) in [4.78, 5) is 11.4. The number of nitrogens with one attached hydrogen (secondary N) is 1. The van der Waals surface area contributed by atoms with Gasteiger partial charge in [0.1, 0.15) is 5.75 Å². The summed E-state index contributed by atoms with van der Waals surface area (Å²) in [7, 11) is 0. The topological polar surface area (TPSA) is 82.8 Å². The van der Waals surface area contributed by atoms with E-state index in [-0.39, 0.29) is 12.7 Å². The van der Waals surface area contributed by atoms with Crippen molar-refractivity contribution in [3.8, 4) is 17.2 Å². The van der Waals surface area contributed by atoms with Crippen LogP contribution in [0.4, 0.5) is 0 Å². The summed E-state index contributed by atoms with van der Waals surface area (Å²) < 4.78 is 15.9. The van der Waals surface area contributed by atoms with Crippen molar-refractivity contribution in [3.05, 3.63) is 18.2 Å². The second kappa shape index (κ2) is 4.92. The number of carbonyl (C=O) groups excluding carboxylic acids is 1. The van der Waals surface area contributed by atoms with Crippen LogP contribution in [0.15, 0.2) is 18.2 Å². The fourth-order valence-electron chi connectivity index (χ4n) is 1.53. The van der Waals surface area contributed by atoms with Crippen molar-refractivity contribution in [1.29, 1.82) is 0 Å². The molecule has 6 heteroatoms. The Morgan fingerprint density at radius 2 is 2.29 bits per heavy atom. The smallest absolute Gasteiger partial charge is 0.274 e. The molecule has 1 amide bonds. The molecule has 0 radical (unpaired) electrons. The summed E-state index contributed by atoms with van der Waals surface area (Å²) in [5, 5.41) is 0. The molecule has 0 aromatic heterocycles. The van der Waals surface area contributed by atoms with Crippen molar-refractivity contribution in [1.82, 2.24) is 5.43 Å². The molecule has 0 saturated heterocycles. The Morgan fingerprint density at radius 1 is 1.53 bits per heavy atom. The summed E-state index contributed by atoms with van der Waals surface area (Å²) in [6, 6.07) is 5.15. The highest BCUT2D eigenvalue weighted by molar-refractivity contribution is 5.80. The van der Waals surface area contributed by atoms with Gasteiger partial charge in [0.2, 0.25) is 6.79 Å². The van der Waals surface area contributed by atoms with E-state index >= 15 is 0 Å². The van der Waals surface area contributed by atoms with Gasteiger partial charge in [0.15, 0.2) is 17.6 Å². The molecule has 0 aliphatic carbocycles. The maximum absolute atomic E-state index is 11.4. The van der Waals surface area contributed by atoms with Crippen LogP contribution in [0, 0.1) is 0 Å². The van der Waals surface area contributed by atoms with Crippen LogP contribution in [0.2, 0.25) is 0 Å². The first-order valence-corrected chi connectivity index (χ1v) is 5.31.